The molecule has 2 aromatic rings. The number of aliphatic hydroxyl groups is 1. The molecule has 0 aliphatic carbocycles. The topological polar surface area (TPSA) is 60.9 Å². The van der Waals surface area contributed by atoms with Crippen molar-refractivity contribution in [3.63, 3.8) is 0 Å². The Morgan fingerprint density at radius 3 is 3.00 bits per heavy atom. The van der Waals surface area contributed by atoms with E-state index in [1.54, 1.807) is 0 Å². The first-order chi connectivity index (χ1) is 9.20. The summed E-state index contributed by atoms with van der Waals surface area (Å²) in [7, 11) is 0. The minimum atomic E-state index is 0.211. The van der Waals surface area contributed by atoms with E-state index in [4.69, 9.17) is 5.11 Å². The van der Waals surface area contributed by atoms with Crippen LogP contribution in [0.1, 0.15) is 18.1 Å². The number of aryl methyl sites for hydroxylation is 1. The molecule has 1 heterocycles. The van der Waals surface area contributed by atoms with Gasteiger partial charge in [-0.05, 0) is 18.9 Å². The minimum Gasteiger partial charge on any atom is -0.396 e. The second kappa shape index (κ2) is 6.50. The predicted octanol–water partition coefficient (Wildman–Crippen LogP) is 2.10. The first-order valence-electron chi connectivity index (χ1n) is 6.61. The van der Waals surface area contributed by atoms with Crippen LogP contribution in [0.5, 0.6) is 0 Å². The third-order valence-electron chi connectivity index (χ3n) is 3.14. The summed E-state index contributed by atoms with van der Waals surface area (Å²) in [5.41, 5.74) is 4.60. The maximum absolute atomic E-state index is 9.00. The van der Waals surface area contributed by atoms with E-state index in [0.717, 1.165) is 29.9 Å². The van der Waals surface area contributed by atoms with E-state index in [1.165, 1.54) is 5.56 Å². The van der Waals surface area contributed by atoms with Gasteiger partial charge in [-0.3, -0.25) is 5.10 Å². The van der Waals surface area contributed by atoms with Crippen LogP contribution in [0.4, 0.5) is 0 Å². The maximum atomic E-state index is 9.00. The molecule has 4 heteroatoms. The smallest absolute Gasteiger partial charge is 0.0695 e. The van der Waals surface area contributed by atoms with Crippen molar-refractivity contribution in [3.05, 3.63) is 41.6 Å². The van der Waals surface area contributed by atoms with Crippen LogP contribution in [0.2, 0.25) is 0 Å². The highest BCUT2D eigenvalue weighted by Crippen LogP contribution is 2.21. The Balaban J connectivity index is 2.06. The lowest BCUT2D eigenvalue weighted by atomic mass is 10.1. The van der Waals surface area contributed by atoms with E-state index in [1.807, 2.05) is 13.1 Å². The van der Waals surface area contributed by atoms with Crippen molar-refractivity contribution in [1.29, 1.82) is 0 Å². The lowest BCUT2D eigenvalue weighted by Crippen LogP contribution is -2.22. The molecule has 0 bridgehead atoms. The summed E-state index contributed by atoms with van der Waals surface area (Å²) in [6, 6.07) is 8.37. The van der Waals surface area contributed by atoms with Crippen LogP contribution in [-0.2, 0) is 6.54 Å². The van der Waals surface area contributed by atoms with Crippen LogP contribution in [0.3, 0.4) is 0 Å². The number of aromatic amines is 1. The molecular weight excluding hydrogens is 238 g/mol. The fraction of sp³-hybridized carbons (Fsp3) is 0.400. The Morgan fingerprint density at radius 2 is 2.26 bits per heavy atom. The number of nitrogens with zero attached hydrogens (tertiary/aromatic N) is 1. The molecule has 1 aromatic carbocycles. The highest BCUT2D eigenvalue weighted by molar-refractivity contribution is 5.63. The van der Waals surface area contributed by atoms with Crippen molar-refractivity contribution in [2.75, 3.05) is 13.2 Å². The van der Waals surface area contributed by atoms with Gasteiger partial charge >= 0.3 is 0 Å². The maximum Gasteiger partial charge on any atom is 0.0695 e. The molecule has 1 unspecified atom stereocenters. The zero-order chi connectivity index (χ0) is 13.7. The van der Waals surface area contributed by atoms with Crippen molar-refractivity contribution in [1.82, 2.24) is 15.5 Å². The lowest BCUT2D eigenvalue weighted by molar-refractivity contribution is 0.233. The Labute approximate surface area is 113 Å². The van der Waals surface area contributed by atoms with E-state index in [-0.39, 0.29) is 12.5 Å². The van der Waals surface area contributed by atoms with Gasteiger partial charge in [-0.1, -0.05) is 30.7 Å². The summed E-state index contributed by atoms with van der Waals surface area (Å²) < 4.78 is 0. The second-order valence-corrected chi connectivity index (χ2v) is 5.06. The minimum absolute atomic E-state index is 0.211. The first kappa shape index (κ1) is 13.8. The Morgan fingerprint density at radius 1 is 1.42 bits per heavy atom. The van der Waals surface area contributed by atoms with Crippen LogP contribution in [-0.4, -0.2) is 28.5 Å². The van der Waals surface area contributed by atoms with Crippen LogP contribution >= 0.6 is 0 Å². The summed E-state index contributed by atoms with van der Waals surface area (Å²) in [6.07, 6.45) is 1.86. The van der Waals surface area contributed by atoms with E-state index in [9.17, 15) is 0 Å². The Hall–Kier alpha value is -1.65. The molecule has 19 heavy (non-hydrogen) atoms. The Bertz CT molecular complexity index is 522. The SMILES string of the molecule is Cc1cccc(-c2[nH]ncc2CNCC(C)CO)c1. The zero-order valence-corrected chi connectivity index (χ0v) is 11.5. The van der Waals surface area contributed by atoms with Crippen molar-refractivity contribution in [3.8, 4) is 11.3 Å². The molecule has 0 spiro atoms. The third kappa shape index (κ3) is 3.66. The van der Waals surface area contributed by atoms with Crippen molar-refractivity contribution >= 4 is 0 Å². The number of H-pyrrole nitrogens is 1. The molecule has 0 aliphatic heterocycles. The molecule has 4 nitrogen and oxygen atoms in total. The van der Waals surface area contributed by atoms with Crippen molar-refractivity contribution in [2.24, 2.45) is 5.92 Å². The standard InChI is InChI=1S/C15H21N3O/c1-11-4-3-5-13(6-11)15-14(9-17-18-15)8-16-7-12(2)10-19/h3-6,9,12,16,19H,7-8,10H2,1-2H3,(H,17,18). The number of nitrogens with one attached hydrogen (secondary N) is 2. The molecule has 1 aromatic heterocycles. The fourth-order valence-electron chi connectivity index (χ4n) is 2.01. The third-order valence-corrected chi connectivity index (χ3v) is 3.14. The molecule has 0 amide bonds. The zero-order valence-electron chi connectivity index (χ0n) is 11.5. The number of rotatable bonds is 6. The number of aliphatic hydroxyl groups excluding tert-OH is 1. The van der Waals surface area contributed by atoms with Gasteiger partial charge in [0.15, 0.2) is 0 Å². The molecule has 0 saturated carbocycles. The number of hydrogen-bond acceptors (Lipinski definition) is 3. The molecule has 3 N–H and O–H groups in total. The van der Waals surface area contributed by atoms with Gasteiger partial charge in [-0.15, -0.1) is 0 Å². The van der Waals surface area contributed by atoms with E-state index in [2.05, 4.69) is 46.7 Å². The summed E-state index contributed by atoms with van der Waals surface area (Å²) >= 11 is 0. The van der Waals surface area contributed by atoms with Crippen LogP contribution < -0.4 is 5.32 Å². The van der Waals surface area contributed by atoms with Gasteiger partial charge in [0, 0.05) is 30.8 Å². The van der Waals surface area contributed by atoms with Gasteiger partial charge in [0.25, 0.3) is 0 Å². The molecule has 102 valence electrons. The van der Waals surface area contributed by atoms with Crippen molar-refractivity contribution in [2.45, 2.75) is 20.4 Å². The number of hydrogen-bond donors (Lipinski definition) is 3. The number of benzene rings is 1. The van der Waals surface area contributed by atoms with Crippen LogP contribution in [0, 0.1) is 12.8 Å². The summed E-state index contributed by atoms with van der Waals surface area (Å²) in [6.45, 7) is 5.87. The van der Waals surface area contributed by atoms with Crippen LogP contribution in [0.25, 0.3) is 11.3 Å². The lowest BCUT2D eigenvalue weighted by Gasteiger charge is -2.10. The molecule has 0 saturated heterocycles. The molecular formula is C15H21N3O. The van der Waals surface area contributed by atoms with Gasteiger partial charge in [0.1, 0.15) is 0 Å². The van der Waals surface area contributed by atoms with E-state index >= 15 is 0 Å². The highest BCUT2D eigenvalue weighted by Gasteiger charge is 2.08. The van der Waals surface area contributed by atoms with Gasteiger partial charge in [0.2, 0.25) is 0 Å². The highest BCUT2D eigenvalue weighted by atomic mass is 16.3. The summed E-state index contributed by atoms with van der Waals surface area (Å²) in [4.78, 5) is 0. The number of aromatic nitrogens is 2. The summed E-state index contributed by atoms with van der Waals surface area (Å²) in [5, 5.41) is 19.5. The Kier molecular flexibility index (Phi) is 4.71. The quantitative estimate of drug-likeness (QED) is 0.744. The largest absolute Gasteiger partial charge is 0.396 e. The van der Waals surface area contributed by atoms with Gasteiger partial charge in [0.05, 0.1) is 11.9 Å². The van der Waals surface area contributed by atoms with E-state index < -0.39 is 0 Å². The predicted molar refractivity (Wildman–Crippen MR) is 76.7 cm³/mol. The van der Waals surface area contributed by atoms with Crippen molar-refractivity contribution < 1.29 is 5.11 Å². The normalized spacial score (nSPS) is 12.6. The van der Waals surface area contributed by atoms with Gasteiger partial charge in [-0.25, -0.2) is 0 Å². The van der Waals surface area contributed by atoms with Gasteiger partial charge in [-0.2, -0.15) is 5.10 Å². The monoisotopic (exact) mass is 259 g/mol. The van der Waals surface area contributed by atoms with E-state index in [0.29, 0.717) is 0 Å². The second-order valence-electron chi connectivity index (χ2n) is 5.06. The first-order valence-corrected chi connectivity index (χ1v) is 6.61. The average Bonchev–Trinajstić information content (AvgIpc) is 2.87. The summed E-state index contributed by atoms with van der Waals surface area (Å²) in [5.74, 6) is 0.273. The van der Waals surface area contributed by atoms with Crippen LogP contribution in [0.15, 0.2) is 30.5 Å². The molecule has 0 aliphatic rings. The average molecular weight is 259 g/mol. The molecule has 2 rings (SSSR count). The van der Waals surface area contributed by atoms with Gasteiger partial charge < -0.3 is 10.4 Å². The molecule has 0 radical (unpaired) electrons. The molecule has 0 fully saturated rings. The fourth-order valence-corrected chi connectivity index (χ4v) is 2.01. The molecule has 1 atom stereocenters.